The van der Waals surface area contributed by atoms with E-state index in [2.05, 4.69) is 15.6 Å². The maximum Gasteiger partial charge on any atom is 0.426 e. The smallest absolute Gasteiger partial charge is 0.426 e. The number of hydrogen-bond acceptors (Lipinski definition) is 4. The van der Waals surface area contributed by atoms with Gasteiger partial charge in [-0.2, -0.15) is 0 Å². The molecule has 1 aromatic carbocycles. The second-order valence-corrected chi connectivity index (χ2v) is 4.29. The zero-order valence-corrected chi connectivity index (χ0v) is 12.1. The third-order valence-corrected chi connectivity index (χ3v) is 2.79. The largest absolute Gasteiger partial charge is 0.481 e. The van der Waals surface area contributed by atoms with Gasteiger partial charge in [-0.05, 0) is 44.9 Å². The van der Waals surface area contributed by atoms with Crippen LogP contribution in [0.3, 0.4) is 0 Å². The first-order valence-electron chi connectivity index (χ1n) is 6.41. The summed E-state index contributed by atoms with van der Waals surface area (Å²) in [4.78, 5) is 22.8. The van der Waals surface area contributed by atoms with Crippen molar-refractivity contribution >= 4 is 12.0 Å². The van der Waals surface area contributed by atoms with Crippen molar-refractivity contribution in [3.8, 4) is 5.75 Å². The van der Waals surface area contributed by atoms with E-state index in [1.165, 1.54) is 0 Å². The molecule has 0 saturated carbocycles. The molecule has 0 fully saturated rings. The maximum atomic E-state index is 11.7. The van der Waals surface area contributed by atoms with Gasteiger partial charge in [0.1, 0.15) is 5.75 Å². The predicted molar refractivity (Wildman–Crippen MR) is 74.3 cm³/mol. The average molecular weight is 280 g/mol. The van der Waals surface area contributed by atoms with Crippen molar-refractivity contribution in [3.05, 3.63) is 29.3 Å². The van der Waals surface area contributed by atoms with E-state index in [0.717, 1.165) is 11.1 Å². The molecule has 0 aliphatic rings. The Kier molecular flexibility index (Phi) is 5.83. The van der Waals surface area contributed by atoms with Gasteiger partial charge in [-0.1, -0.05) is 12.1 Å². The number of carbonyl (C=O) groups excluding carboxylic acids is 2. The Balaban J connectivity index is 2.53. The molecule has 110 valence electrons. The molecule has 20 heavy (non-hydrogen) atoms. The minimum atomic E-state index is -0.738. The number of aryl methyl sites for hydroxylation is 1. The first kappa shape index (κ1) is 15.8. The number of benzene rings is 1. The van der Waals surface area contributed by atoms with Gasteiger partial charge in [0.2, 0.25) is 0 Å². The van der Waals surface area contributed by atoms with Crippen molar-refractivity contribution in [3.63, 3.8) is 0 Å². The number of carbonyl (C=O) groups is 2. The lowest BCUT2D eigenvalue weighted by atomic mass is 10.1. The summed E-state index contributed by atoms with van der Waals surface area (Å²) in [5.74, 6) is 0.183. The third-order valence-electron chi connectivity index (χ3n) is 2.79. The van der Waals surface area contributed by atoms with Crippen LogP contribution < -0.4 is 15.6 Å². The van der Waals surface area contributed by atoms with E-state index >= 15 is 0 Å². The Morgan fingerprint density at radius 2 is 1.95 bits per heavy atom. The van der Waals surface area contributed by atoms with Crippen LogP contribution in [0.1, 0.15) is 25.0 Å². The number of ether oxygens (including phenoxy) is 2. The average Bonchev–Trinajstić information content (AvgIpc) is 2.41. The number of amides is 2. The fourth-order valence-corrected chi connectivity index (χ4v) is 1.48. The highest BCUT2D eigenvalue weighted by Crippen LogP contribution is 2.21. The topological polar surface area (TPSA) is 76.7 Å². The van der Waals surface area contributed by atoms with E-state index in [1.54, 1.807) is 19.9 Å². The summed E-state index contributed by atoms with van der Waals surface area (Å²) < 4.78 is 10.2. The summed E-state index contributed by atoms with van der Waals surface area (Å²) in [5.41, 5.74) is 6.43. The Labute approximate surface area is 118 Å². The minimum Gasteiger partial charge on any atom is -0.481 e. The van der Waals surface area contributed by atoms with Crippen LogP contribution in [0.4, 0.5) is 4.79 Å². The maximum absolute atomic E-state index is 11.7. The molecule has 1 rings (SSSR count). The molecule has 1 aromatic rings. The molecule has 0 aliphatic carbocycles. The first-order valence-corrected chi connectivity index (χ1v) is 6.41. The van der Waals surface area contributed by atoms with Gasteiger partial charge in [0, 0.05) is 0 Å². The van der Waals surface area contributed by atoms with Crippen molar-refractivity contribution < 1.29 is 19.1 Å². The lowest BCUT2D eigenvalue weighted by Crippen LogP contribution is -2.47. The van der Waals surface area contributed by atoms with Crippen LogP contribution in [0.2, 0.25) is 0 Å². The van der Waals surface area contributed by atoms with E-state index in [-0.39, 0.29) is 6.61 Å². The number of nitrogens with one attached hydrogen (secondary N) is 2. The van der Waals surface area contributed by atoms with Crippen LogP contribution in [-0.2, 0) is 9.53 Å². The summed E-state index contributed by atoms with van der Waals surface area (Å²) in [5, 5.41) is 0. The van der Waals surface area contributed by atoms with Gasteiger partial charge >= 0.3 is 6.09 Å². The monoisotopic (exact) mass is 280 g/mol. The lowest BCUT2D eigenvalue weighted by Gasteiger charge is -2.17. The van der Waals surface area contributed by atoms with Crippen molar-refractivity contribution in [2.45, 2.75) is 33.8 Å². The summed E-state index contributed by atoms with van der Waals surface area (Å²) >= 11 is 0. The molecular formula is C14H20N2O4. The van der Waals surface area contributed by atoms with Gasteiger partial charge in [-0.15, -0.1) is 0 Å². The summed E-state index contributed by atoms with van der Waals surface area (Å²) in [6, 6.07) is 5.62. The third kappa shape index (κ3) is 4.46. The van der Waals surface area contributed by atoms with Gasteiger partial charge in [0.25, 0.3) is 5.91 Å². The van der Waals surface area contributed by atoms with Crippen molar-refractivity contribution in [1.29, 1.82) is 0 Å². The quantitative estimate of drug-likeness (QED) is 0.825. The molecule has 2 amide bonds. The zero-order chi connectivity index (χ0) is 15.1. The zero-order valence-electron chi connectivity index (χ0n) is 12.1. The molecular weight excluding hydrogens is 260 g/mol. The molecule has 2 N–H and O–H groups in total. The van der Waals surface area contributed by atoms with Gasteiger partial charge in [0.05, 0.1) is 6.61 Å². The van der Waals surface area contributed by atoms with Crippen molar-refractivity contribution in [2.75, 3.05) is 6.61 Å². The normalized spacial score (nSPS) is 11.4. The fourth-order valence-electron chi connectivity index (χ4n) is 1.48. The minimum absolute atomic E-state index is 0.232. The second-order valence-electron chi connectivity index (χ2n) is 4.29. The highest BCUT2D eigenvalue weighted by Gasteiger charge is 2.16. The first-order chi connectivity index (χ1) is 9.45. The molecule has 0 heterocycles. The Hall–Kier alpha value is -2.24. The van der Waals surface area contributed by atoms with Crippen LogP contribution in [0.5, 0.6) is 5.75 Å². The molecule has 0 spiro atoms. The van der Waals surface area contributed by atoms with Gasteiger partial charge in [-0.3, -0.25) is 10.2 Å². The van der Waals surface area contributed by atoms with E-state index in [9.17, 15) is 9.59 Å². The molecule has 0 radical (unpaired) electrons. The van der Waals surface area contributed by atoms with Gasteiger partial charge < -0.3 is 9.47 Å². The molecule has 0 saturated heterocycles. The number of rotatable bonds is 4. The van der Waals surface area contributed by atoms with Gasteiger partial charge in [0.15, 0.2) is 6.10 Å². The molecule has 6 nitrogen and oxygen atoms in total. The van der Waals surface area contributed by atoms with Crippen molar-refractivity contribution in [2.24, 2.45) is 0 Å². The number of hydrogen-bond donors (Lipinski definition) is 2. The summed E-state index contributed by atoms with van der Waals surface area (Å²) in [6.07, 6.45) is -1.45. The highest BCUT2D eigenvalue weighted by molar-refractivity contribution is 5.82. The van der Waals surface area contributed by atoms with Crippen molar-refractivity contribution in [1.82, 2.24) is 10.9 Å². The van der Waals surface area contributed by atoms with E-state index in [0.29, 0.717) is 5.75 Å². The molecule has 0 aliphatic heterocycles. The van der Waals surface area contributed by atoms with Crippen LogP contribution >= 0.6 is 0 Å². The van der Waals surface area contributed by atoms with E-state index in [1.807, 2.05) is 26.0 Å². The lowest BCUT2D eigenvalue weighted by molar-refractivity contribution is -0.128. The Morgan fingerprint density at radius 3 is 2.60 bits per heavy atom. The summed E-state index contributed by atoms with van der Waals surface area (Å²) in [6.45, 7) is 7.40. The van der Waals surface area contributed by atoms with E-state index < -0.39 is 18.1 Å². The van der Waals surface area contributed by atoms with Crippen LogP contribution in [0.15, 0.2) is 18.2 Å². The fraction of sp³-hybridized carbons (Fsp3) is 0.429. The van der Waals surface area contributed by atoms with Gasteiger partial charge in [-0.25, -0.2) is 10.2 Å². The molecule has 0 bridgehead atoms. The SMILES string of the molecule is CCOC(=O)NNC(=O)[C@H](C)Oc1cccc(C)c1C. The Bertz CT molecular complexity index is 488. The Morgan fingerprint density at radius 1 is 1.25 bits per heavy atom. The molecule has 0 unspecified atom stereocenters. The van der Waals surface area contributed by atoms with Crippen LogP contribution in [0.25, 0.3) is 0 Å². The summed E-state index contributed by atoms with van der Waals surface area (Å²) in [7, 11) is 0. The number of hydrazine groups is 1. The standard InChI is InChI=1S/C14H20N2O4/c1-5-19-14(18)16-15-13(17)11(4)20-12-8-6-7-9(2)10(12)3/h6-8,11H,5H2,1-4H3,(H,15,17)(H,16,18)/t11-/m0/s1. The van der Waals surface area contributed by atoms with Crippen LogP contribution in [0, 0.1) is 13.8 Å². The van der Waals surface area contributed by atoms with E-state index in [4.69, 9.17) is 4.74 Å². The molecule has 1 atom stereocenters. The highest BCUT2D eigenvalue weighted by atomic mass is 16.6. The second kappa shape index (κ2) is 7.37. The molecule has 0 aromatic heterocycles. The molecule has 6 heteroatoms. The van der Waals surface area contributed by atoms with Crippen LogP contribution in [-0.4, -0.2) is 24.7 Å². The predicted octanol–water partition coefficient (Wildman–Crippen LogP) is 1.85.